The summed E-state index contributed by atoms with van der Waals surface area (Å²) in [6, 6.07) is 8.85. The Hall–Kier alpha value is -1.42. The number of halogens is 4. The molecule has 0 N–H and O–H groups in total. The molecule has 11 heteroatoms. The van der Waals surface area contributed by atoms with Crippen molar-refractivity contribution in [1.29, 1.82) is 0 Å². The van der Waals surface area contributed by atoms with Gasteiger partial charge in [-0.05, 0) is 42.0 Å². The van der Waals surface area contributed by atoms with E-state index >= 15 is 0 Å². The number of hydrogen-bond donors (Lipinski definition) is 0. The van der Waals surface area contributed by atoms with Crippen molar-refractivity contribution in [2.75, 3.05) is 31.1 Å². The van der Waals surface area contributed by atoms with Gasteiger partial charge in [0.05, 0.1) is 15.6 Å². The Morgan fingerprint density at radius 2 is 1.68 bits per heavy atom. The van der Waals surface area contributed by atoms with E-state index < -0.39 is 15.8 Å². The minimum absolute atomic E-state index is 0.0101. The van der Waals surface area contributed by atoms with Gasteiger partial charge in [-0.25, -0.2) is 17.8 Å². The van der Waals surface area contributed by atoms with Crippen molar-refractivity contribution in [3.05, 3.63) is 73.9 Å². The molecule has 2 heterocycles. The van der Waals surface area contributed by atoms with Crippen LogP contribution < -0.4 is 4.90 Å². The average Bonchev–Trinajstić information content (AvgIpc) is 3.17. The first-order valence-electron chi connectivity index (χ1n) is 9.32. The summed E-state index contributed by atoms with van der Waals surface area (Å²) < 4.78 is 40.5. The number of anilines is 1. The second kappa shape index (κ2) is 9.21. The Labute approximate surface area is 199 Å². The Morgan fingerprint density at radius 3 is 2.32 bits per heavy atom. The van der Waals surface area contributed by atoms with Crippen LogP contribution in [-0.2, 0) is 16.4 Å². The normalized spacial score (nSPS) is 15.4. The van der Waals surface area contributed by atoms with E-state index in [1.165, 1.54) is 21.7 Å². The van der Waals surface area contributed by atoms with Crippen LogP contribution in [-0.4, -0.2) is 43.9 Å². The molecule has 0 aliphatic carbocycles. The van der Waals surface area contributed by atoms with E-state index in [4.69, 9.17) is 34.8 Å². The summed E-state index contributed by atoms with van der Waals surface area (Å²) in [7, 11) is -3.74. The molecular weight excluding hydrogens is 504 g/mol. The van der Waals surface area contributed by atoms with Crippen LogP contribution >= 0.6 is 46.1 Å². The molecule has 0 saturated carbocycles. The van der Waals surface area contributed by atoms with Crippen LogP contribution in [0.2, 0.25) is 15.1 Å². The lowest BCUT2D eigenvalue weighted by atomic mass is 10.1. The molecule has 1 fully saturated rings. The van der Waals surface area contributed by atoms with Crippen LogP contribution in [0.4, 0.5) is 9.52 Å². The third-order valence-electron chi connectivity index (χ3n) is 4.89. The van der Waals surface area contributed by atoms with Crippen molar-refractivity contribution in [2.24, 2.45) is 0 Å². The van der Waals surface area contributed by atoms with Crippen LogP contribution in [0.3, 0.4) is 0 Å². The van der Waals surface area contributed by atoms with Crippen molar-refractivity contribution >= 4 is 61.3 Å². The van der Waals surface area contributed by atoms with Gasteiger partial charge in [0.25, 0.3) is 0 Å². The van der Waals surface area contributed by atoms with Crippen molar-refractivity contribution in [3.8, 4) is 0 Å². The second-order valence-corrected chi connectivity index (χ2v) is 11.1. The Balaban J connectivity index is 1.41. The predicted octanol–water partition coefficient (Wildman–Crippen LogP) is 5.34. The highest BCUT2D eigenvalue weighted by molar-refractivity contribution is 7.89. The fourth-order valence-corrected chi connectivity index (χ4v) is 6.50. The molecular formula is C20H17Cl3FN3O2S2. The monoisotopic (exact) mass is 519 g/mol. The number of nitrogens with zero attached hydrogens (tertiary/aromatic N) is 3. The summed E-state index contributed by atoms with van der Waals surface area (Å²) in [4.78, 5) is 6.73. The van der Waals surface area contributed by atoms with E-state index in [1.807, 2.05) is 17.5 Å². The third-order valence-corrected chi connectivity index (χ3v) is 8.46. The quantitative estimate of drug-likeness (QED) is 0.455. The number of benzene rings is 2. The first-order chi connectivity index (χ1) is 14.7. The zero-order valence-corrected chi connectivity index (χ0v) is 20.0. The Bertz CT molecular complexity index is 1190. The summed E-state index contributed by atoms with van der Waals surface area (Å²) >= 11 is 19.4. The Morgan fingerprint density at radius 1 is 1.00 bits per heavy atom. The van der Waals surface area contributed by atoms with Gasteiger partial charge in [0.1, 0.15) is 5.82 Å². The summed E-state index contributed by atoms with van der Waals surface area (Å²) in [6.07, 6.45) is 0.608. The number of hydrogen-bond acceptors (Lipinski definition) is 5. The maximum atomic E-state index is 13.4. The maximum Gasteiger partial charge on any atom is 0.243 e. The van der Waals surface area contributed by atoms with Gasteiger partial charge in [-0.2, -0.15) is 4.31 Å². The molecule has 164 valence electrons. The SMILES string of the molecule is O=S(=O)(c1ccc(F)c(Cl)c1)N1CCN(c2nc(Cc3cc(Cl)cc(Cl)c3)cs2)CC1. The zero-order valence-electron chi connectivity index (χ0n) is 16.1. The van der Waals surface area contributed by atoms with Crippen molar-refractivity contribution < 1.29 is 12.8 Å². The summed E-state index contributed by atoms with van der Waals surface area (Å²) in [5.41, 5.74) is 1.87. The minimum Gasteiger partial charge on any atom is -0.345 e. The van der Waals surface area contributed by atoms with Crippen LogP contribution in [0.1, 0.15) is 11.3 Å². The molecule has 1 aliphatic rings. The molecule has 1 aromatic heterocycles. The van der Waals surface area contributed by atoms with E-state index in [0.717, 1.165) is 28.5 Å². The summed E-state index contributed by atoms with van der Waals surface area (Å²) in [5, 5.41) is 3.77. The van der Waals surface area contributed by atoms with E-state index in [1.54, 1.807) is 6.07 Å². The molecule has 5 nitrogen and oxygen atoms in total. The molecule has 0 atom stereocenters. The lowest BCUT2D eigenvalue weighted by Gasteiger charge is -2.33. The summed E-state index contributed by atoms with van der Waals surface area (Å²) in [6.45, 7) is 1.61. The van der Waals surface area contributed by atoms with Gasteiger partial charge in [0.2, 0.25) is 10.0 Å². The fourth-order valence-electron chi connectivity index (χ4n) is 3.35. The number of thiazole rings is 1. The largest absolute Gasteiger partial charge is 0.345 e. The van der Waals surface area contributed by atoms with Crippen molar-refractivity contribution in [3.63, 3.8) is 0 Å². The number of aromatic nitrogens is 1. The minimum atomic E-state index is -3.74. The van der Waals surface area contributed by atoms with Gasteiger partial charge in [0.15, 0.2) is 5.13 Å². The van der Waals surface area contributed by atoms with Crippen LogP contribution in [0.25, 0.3) is 0 Å². The lowest BCUT2D eigenvalue weighted by Crippen LogP contribution is -2.48. The van der Waals surface area contributed by atoms with Gasteiger partial charge in [-0.15, -0.1) is 11.3 Å². The smallest absolute Gasteiger partial charge is 0.243 e. The Kier molecular flexibility index (Phi) is 6.76. The molecule has 4 rings (SSSR count). The molecule has 0 spiro atoms. The van der Waals surface area contributed by atoms with Gasteiger partial charge >= 0.3 is 0 Å². The van der Waals surface area contributed by atoms with Gasteiger partial charge in [-0.1, -0.05) is 34.8 Å². The molecule has 2 aromatic carbocycles. The topological polar surface area (TPSA) is 53.5 Å². The molecule has 3 aromatic rings. The lowest BCUT2D eigenvalue weighted by molar-refractivity contribution is 0.384. The molecule has 0 amide bonds. The van der Waals surface area contributed by atoms with E-state index in [2.05, 4.69) is 9.88 Å². The molecule has 0 unspecified atom stereocenters. The van der Waals surface area contributed by atoms with Crippen molar-refractivity contribution in [1.82, 2.24) is 9.29 Å². The van der Waals surface area contributed by atoms with Crippen LogP contribution in [0, 0.1) is 5.82 Å². The predicted molar refractivity (Wildman–Crippen MR) is 124 cm³/mol. The maximum absolute atomic E-state index is 13.4. The highest BCUT2D eigenvalue weighted by atomic mass is 35.5. The van der Waals surface area contributed by atoms with Crippen LogP contribution in [0.15, 0.2) is 46.7 Å². The highest BCUT2D eigenvalue weighted by Crippen LogP contribution is 2.27. The molecule has 0 bridgehead atoms. The first kappa shape index (κ1) is 22.8. The van der Waals surface area contributed by atoms with Gasteiger partial charge in [0, 0.05) is 48.0 Å². The number of sulfonamides is 1. The molecule has 31 heavy (non-hydrogen) atoms. The molecule has 1 aliphatic heterocycles. The van der Waals surface area contributed by atoms with Crippen LogP contribution in [0.5, 0.6) is 0 Å². The average molecular weight is 521 g/mol. The van der Waals surface area contributed by atoms with Crippen molar-refractivity contribution in [2.45, 2.75) is 11.3 Å². The van der Waals surface area contributed by atoms with E-state index in [9.17, 15) is 12.8 Å². The number of piperazine rings is 1. The van der Waals surface area contributed by atoms with E-state index in [0.29, 0.717) is 42.6 Å². The number of rotatable bonds is 5. The highest BCUT2D eigenvalue weighted by Gasteiger charge is 2.29. The first-order valence-corrected chi connectivity index (χ1v) is 12.8. The molecule has 1 saturated heterocycles. The summed E-state index contributed by atoms with van der Waals surface area (Å²) in [5.74, 6) is -0.648. The fraction of sp³-hybridized carbons (Fsp3) is 0.250. The molecule has 0 radical (unpaired) electrons. The van der Waals surface area contributed by atoms with Gasteiger partial charge in [-0.3, -0.25) is 0 Å². The second-order valence-electron chi connectivity index (χ2n) is 7.04. The zero-order chi connectivity index (χ0) is 22.2. The standard InChI is InChI=1S/C20H17Cl3FN3O2S2/c21-14-7-13(8-15(22)10-14)9-16-12-30-20(25-16)26-3-5-27(6-4-26)31(28,29)17-1-2-19(24)18(23)11-17/h1-2,7-8,10-12H,3-6,9H2. The van der Waals surface area contributed by atoms with E-state index in [-0.39, 0.29) is 9.92 Å². The third kappa shape index (κ3) is 5.16. The van der Waals surface area contributed by atoms with Gasteiger partial charge < -0.3 is 4.90 Å².